The first-order valence-corrected chi connectivity index (χ1v) is 5.93. The summed E-state index contributed by atoms with van der Waals surface area (Å²) in [4.78, 5) is 13.7. The molecule has 1 aliphatic rings. The van der Waals surface area contributed by atoms with Gasteiger partial charge in [0.15, 0.2) is 6.23 Å². The summed E-state index contributed by atoms with van der Waals surface area (Å²) >= 11 is 6.02. The van der Waals surface area contributed by atoms with Gasteiger partial charge in [0, 0.05) is 11.3 Å². The Balaban J connectivity index is 2.13. The minimum atomic E-state index is -0.978. The third-order valence-corrected chi connectivity index (χ3v) is 3.35. The summed E-state index contributed by atoms with van der Waals surface area (Å²) in [5, 5.41) is 10.6. The van der Waals surface area contributed by atoms with Crippen molar-refractivity contribution in [3.8, 4) is 0 Å². The van der Waals surface area contributed by atoms with Gasteiger partial charge in [-0.25, -0.2) is 0 Å². The number of halogens is 1. The van der Waals surface area contributed by atoms with Crippen molar-refractivity contribution in [1.29, 1.82) is 0 Å². The molecule has 0 bridgehead atoms. The molecule has 2 aromatic carbocycles. The molecule has 4 heteroatoms. The van der Waals surface area contributed by atoms with Crippen LogP contribution in [0.1, 0.15) is 22.1 Å². The molecule has 0 aromatic heterocycles. The highest BCUT2D eigenvalue weighted by atomic mass is 35.5. The summed E-state index contributed by atoms with van der Waals surface area (Å²) in [6.45, 7) is 0. The van der Waals surface area contributed by atoms with Crippen LogP contribution in [0.2, 0.25) is 5.02 Å². The minimum absolute atomic E-state index is 0.269. The SMILES string of the molecule is O=C1c2c(Cl)cccc2C(O)N1c1ccccc1. The predicted octanol–water partition coefficient (Wildman–Crippen LogP) is 2.99. The smallest absolute Gasteiger partial charge is 0.262 e. The lowest BCUT2D eigenvalue weighted by Gasteiger charge is -2.20. The van der Waals surface area contributed by atoms with Gasteiger partial charge in [-0.1, -0.05) is 41.9 Å². The molecule has 0 fully saturated rings. The predicted molar refractivity (Wildman–Crippen MR) is 69.7 cm³/mol. The largest absolute Gasteiger partial charge is 0.369 e. The van der Waals surface area contributed by atoms with Gasteiger partial charge < -0.3 is 5.11 Å². The summed E-state index contributed by atoms with van der Waals surface area (Å²) in [5.41, 5.74) is 1.59. The lowest BCUT2D eigenvalue weighted by atomic mass is 10.1. The van der Waals surface area contributed by atoms with Crippen LogP contribution in [-0.4, -0.2) is 11.0 Å². The van der Waals surface area contributed by atoms with E-state index in [-0.39, 0.29) is 5.91 Å². The zero-order chi connectivity index (χ0) is 12.7. The Kier molecular flexibility index (Phi) is 2.58. The first kappa shape index (κ1) is 11.3. The van der Waals surface area contributed by atoms with Crippen molar-refractivity contribution in [2.45, 2.75) is 6.23 Å². The van der Waals surface area contributed by atoms with E-state index in [4.69, 9.17) is 11.6 Å². The van der Waals surface area contributed by atoms with Crippen LogP contribution in [0, 0.1) is 0 Å². The van der Waals surface area contributed by atoms with Gasteiger partial charge in [0.25, 0.3) is 5.91 Å². The van der Waals surface area contributed by atoms with Crippen molar-refractivity contribution in [3.63, 3.8) is 0 Å². The quantitative estimate of drug-likeness (QED) is 0.855. The molecule has 0 radical (unpaired) electrons. The van der Waals surface area contributed by atoms with Crippen LogP contribution >= 0.6 is 11.6 Å². The molecule has 3 rings (SSSR count). The van der Waals surface area contributed by atoms with Gasteiger partial charge in [-0.15, -0.1) is 0 Å². The van der Waals surface area contributed by atoms with Crippen LogP contribution in [-0.2, 0) is 0 Å². The van der Waals surface area contributed by atoms with E-state index in [1.165, 1.54) is 4.90 Å². The van der Waals surface area contributed by atoms with Crippen LogP contribution < -0.4 is 4.90 Å². The molecule has 1 unspecified atom stereocenters. The van der Waals surface area contributed by atoms with Crippen LogP contribution in [0.25, 0.3) is 0 Å². The van der Waals surface area contributed by atoms with Gasteiger partial charge >= 0.3 is 0 Å². The molecule has 18 heavy (non-hydrogen) atoms. The zero-order valence-electron chi connectivity index (χ0n) is 9.38. The van der Waals surface area contributed by atoms with Crippen molar-refractivity contribution >= 4 is 23.2 Å². The lowest BCUT2D eigenvalue weighted by molar-refractivity contribution is 0.0935. The maximum Gasteiger partial charge on any atom is 0.262 e. The lowest BCUT2D eigenvalue weighted by Crippen LogP contribution is -2.27. The molecule has 90 valence electrons. The standard InChI is InChI=1S/C14H10ClNO2/c15-11-8-4-7-10-12(11)14(18)16(13(10)17)9-5-2-1-3-6-9/h1-8,13,17H. The van der Waals surface area contributed by atoms with E-state index in [0.29, 0.717) is 21.8 Å². The fraction of sp³-hybridized carbons (Fsp3) is 0.0714. The Hall–Kier alpha value is -1.84. The van der Waals surface area contributed by atoms with E-state index >= 15 is 0 Å². The maximum absolute atomic E-state index is 12.3. The third-order valence-electron chi connectivity index (χ3n) is 3.04. The molecule has 0 aliphatic carbocycles. The first-order chi connectivity index (χ1) is 8.70. The number of carbonyl (C=O) groups is 1. The molecular weight excluding hydrogens is 250 g/mol. The van der Waals surface area contributed by atoms with Crippen molar-refractivity contribution in [2.24, 2.45) is 0 Å². The average molecular weight is 260 g/mol. The maximum atomic E-state index is 12.3. The normalized spacial score (nSPS) is 18.0. The molecule has 3 nitrogen and oxygen atoms in total. The number of carbonyl (C=O) groups excluding carboxylic acids is 1. The van der Waals surface area contributed by atoms with E-state index in [1.807, 2.05) is 18.2 Å². The Labute approximate surface area is 109 Å². The van der Waals surface area contributed by atoms with E-state index in [9.17, 15) is 9.90 Å². The highest BCUT2D eigenvalue weighted by molar-refractivity contribution is 6.35. The number of rotatable bonds is 1. The van der Waals surface area contributed by atoms with Gasteiger partial charge in [-0.05, 0) is 18.2 Å². The molecule has 0 spiro atoms. The molecule has 0 saturated heterocycles. The van der Waals surface area contributed by atoms with E-state index < -0.39 is 6.23 Å². The van der Waals surface area contributed by atoms with E-state index in [2.05, 4.69) is 0 Å². The third kappa shape index (κ3) is 1.52. The summed E-state index contributed by atoms with van der Waals surface area (Å²) in [7, 11) is 0. The second kappa shape index (κ2) is 4.12. The summed E-state index contributed by atoms with van der Waals surface area (Å²) in [5.74, 6) is -0.269. The highest BCUT2D eigenvalue weighted by Crippen LogP contribution is 2.38. The molecule has 0 saturated carbocycles. The average Bonchev–Trinajstić information content (AvgIpc) is 2.64. The Morgan fingerprint density at radius 3 is 2.44 bits per heavy atom. The highest BCUT2D eigenvalue weighted by Gasteiger charge is 2.37. The van der Waals surface area contributed by atoms with Gasteiger partial charge in [0.1, 0.15) is 0 Å². The van der Waals surface area contributed by atoms with Gasteiger partial charge in [0.2, 0.25) is 0 Å². The molecule has 1 N–H and O–H groups in total. The monoisotopic (exact) mass is 259 g/mol. The van der Waals surface area contributed by atoms with Crippen LogP contribution in [0.4, 0.5) is 5.69 Å². The fourth-order valence-corrected chi connectivity index (χ4v) is 2.46. The number of aliphatic hydroxyl groups is 1. The number of benzene rings is 2. The fourth-order valence-electron chi connectivity index (χ4n) is 2.20. The number of anilines is 1. The van der Waals surface area contributed by atoms with Crippen LogP contribution in [0.15, 0.2) is 48.5 Å². The van der Waals surface area contributed by atoms with Gasteiger partial charge in [0.05, 0.1) is 10.6 Å². The first-order valence-electron chi connectivity index (χ1n) is 5.55. The van der Waals surface area contributed by atoms with Crippen molar-refractivity contribution < 1.29 is 9.90 Å². The second-order valence-electron chi connectivity index (χ2n) is 4.09. The van der Waals surface area contributed by atoms with Crippen LogP contribution in [0.5, 0.6) is 0 Å². The van der Waals surface area contributed by atoms with Crippen molar-refractivity contribution in [2.75, 3.05) is 4.90 Å². The van der Waals surface area contributed by atoms with Crippen molar-refractivity contribution in [1.82, 2.24) is 0 Å². The Morgan fingerprint density at radius 1 is 1.06 bits per heavy atom. The Morgan fingerprint density at radius 2 is 1.78 bits per heavy atom. The molecule has 2 aromatic rings. The molecule has 1 heterocycles. The number of fused-ring (bicyclic) bond motifs is 1. The number of nitrogens with zero attached hydrogens (tertiary/aromatic N) is 1. The van der Waals surface area contributed by atoms with E-state index in [0.717, 1.165) is 0 Å². The topological polar surface area (TPSA) is 40.5 Å². The Bertz CT molecular complexity index is 612. The summed E-state index contributed by atoms with van der Waals surface area (Å²) < 4.78 is 0. The second-order valence-corrected chi connectivity index (χ2v) is 4.50. The van der Waals surface area contributed by atoms with Gasteiger partial charge in [-0.2, -0.15) is 0 Å². The van der Waals surface area contributed by atoms with Crippen LogP contribution in [0.3, 0.4) is 0 Å². The molecular formula is C14H10ClNO2. The zero-order valence-corrected chi connectivity index (χ0v) is 10.1. The molecule has 1 amide bonds. The van der Waals surface area contributed by atoms with Gasteiger partial charge in [-0.3, -0.25) is 9.69 Å². The molecule has 1 aliphatic heterocycles. The summed E-state index contributed by atoms with van der Waals surface area (Å²) in [6, 6.07) is 14.1. The minimum Gasteiger partial charge on any atom is -0.369 e. The number of para-hydroxylation sites is 1. The molecule has 1 atom stereocenters. The summed E-state index contributed by atoms with van der Waals surface area (Å²) in [6.07, 6.45) is -0.978. The van der Waals surface area contributed by atoms with Crippen molar-refractivity contribution in [3.05, 3.63) is 64.7 Å². The van der Waals surface area contributed by atoms with E-state index in [1.54, 1.807) is 30.3 Å². The number of hydrogen-bond donors (Lipinski definition) is 1. The number of amides is 1. The number of hydrogen-bond acceptors (Lipinski definition) is 2. The number of aliphatic hydroxyl groups excluding tert-OH is 1.